The normalized spacial score (nSPS) is 21.1. The molecule has 3 nitrogen and oxygen atoms in total. The van der Waals surface area contributed by atoms with Crippen LogP contribution in [-0.4, -0.2) is 38.4 Å². The standard InChI is InChI=1S/C15H23FN2O/c1-3-18(15-6-4-5-13(16)10-15)12(2)9-14-11-19-8-7-17-14/h4-6,10,12,14,17H,3,7-9,11H2,1-2H3. The Labute approximate surface area is 114 Å². The van der Waals surface area contributed by atoms with Gasteiger partial charge in [0.2, 0.25) is 0 Å². The maximum Gasteiger partial charge on any atom is 0.125 e. The van der Waals surface area contributed by atoms with Crippen molar-refractivity contribution in [3.8, 4) is 0 Å². The molecule has 1 fully saturated rings. The Kier molecular flexibility index (Phi) is 5.16. The fourth-order valence-corrected chi connectivity index (χ4v) is 2.71. The number of nitrogens with one attached hydrogen (secondary N) is 1. The van der Waals surface area contributed by atoms with Crippen molar-refractivity contribution < 1.29 is 9.13 Å². The first-order valence-corrected chi connectivity index (χ1v) is 7.04. The molecule has 2 atom stereocenters. The van der Waals surface area contributed by atoms with Crippen LogP contribution >= 0.6 is 0 Å². The molecule has 0 amide bonds. The van der Waals surface area contributed by atoms with Crippen molar-refractivity contribution in [3.63, 3.8) is 0 Å². The average Bonchev–Trinajstić information content (AvgIpc) is 2.41. The number of nitrogens with zero attached hydrogens (tertiary/aromatic N) is 1. The zero-order chi connectivity index (χ0) is 13.7. The summed E-state index contributed by atoms with van der Waals surface area (Å²) in [4.78, 5) is 2.24. The second-order valence-electron chi connectivity index (χ2n) is 5.08. The zero-order valence-corrected chi connectivity index (χ0v) is 11.7. The molecule has 2 rings (SSSR count). The largest absolute Gasteiger partial charge is 0.379 e. The van der Waals surface area contributed by atoms with Gasteiger partial charge in [-0.1, -0.05) is 6.07 Å². The van der Waals surface area contributed by atoms with Crippen LogP contribution in [0.15, 0.2) is 24.3 Å². The highest BCUT2D eigenvalue weighted by Gasteiger charge is 2.20. The predicted molar refractivity (Wildman–Crippen MR) is 76.1 cm³/mol. The molecule has 1 aliphatic rings. The van der Waals surface area contributed by atoms with E-state index in [9.17, 15) is 4.39 Å². The summed E-state index contributed by atoms with van der Waals surface area (Å²) in [6, 6.07) is 7.57. The highest BCUT2D eigenvalue weighted by Crippen LogP contribution is 2.20. The van der Waals surface area contributed by atoms with Gasteiger partial charge in [-0.05, 0) is 38.5 Å². The molecule has 1 aromatic rings. The lowest BCUT2D eigenvalue weighted by Crippen LogP contribution is -2.46. The molecule has 1 aromatic carbocycles. The zero-order valence-electron chi connectivity index (χ0n) is 11.7. The second kappa shape index (κ2) is 6.87. The Bertz CT molecular complexity index is 393. The van der Waals surface area contributed by atoms with Crippen molar-refractivity contribution in [1.82, 2.24) is 5.32 Å². The first-order chi connectivity index (χ1) is 9.20. The number of halogens is 1. The number of benzene rings is 1. The lowest BCUT2D eigenvalue weighted by molar-refractivity contribution is 0.0722. The molecule has 0 spiro atoms. The molecular weight excluding hydrogens is 243 g/mol. The summed E-state index contributed by atoms with van der Waals surface area (Å²) in [5, 5.41) is 3.47. The van der Waals surface area contributed by atoms with Crippen molar-refractivity contribution in [1.29, 1.82) is 0 Å². The Morgan fingerprint density at radius 1 is 1.53 bits per heavy atom. The molecule has 0 saturated carbocycles. The van der Waals surface area contributed by atoms with Crippen LogP contribution in [0.25, 0.3) is 0 Å². The lowest BCUT2D eigenvalue weighted by atomic mass is 10.1. The van der Waals surface area contributed by atoms with Crippen LogP contribution in [0.2, 0.25) is 0 Å². The average molecular weight is 266 g/mol. The van der Waals surface area contributed by atoms with Gasteiger partial charge in [0.1, 0.15) is 5.82 Å². The fourth-order valence-electron chi connectivity index (χ4n) is 2.71. The summed E-state index contributed by atoms with van der Waals surface area (Å²) in [6.45, 7) is 7.65. The van der Waals surface area contributed by atoms with E-state index in [2.05, 4.69) is 24.1 Å². The molecule has 1 heterocycles. The van der Waals surface area contributed by atoms with Gasteiger partial charge >= 0.3 is 0 Å². The van der Waals surface area contributed by atoms with Crippen molar-refractivity contribution in [2.24, 2.45) is 0 Å². The van der Waals surface area contributed by atoms with E-state index >= 15 is 0 Å². The van der Waals surface area contributed by atoms with Crippen molar-refractivity contribution in [2.75, 3.05) is 31.2 Å². The number of ether oxygens (including phenoxy) is 1. The number of anilines is 1. The van der Waals surface area contributed by atoms with E-state index in [0.717, 1.165) is 38.4 Å². The van der Waals surface area contributed by atoms with Crippen molar-refractivity contribution >= 4 is 5.69 Å². The van der Waals surface area contributed by atoms with E-state index in [0.29, 0.717) is 12.1 Å². The Hall–Kier alpha value is -1.13. The smallest absolute Gasteiger partial charge is 0.125 e. The predicted octanol–water partition coefficient (Wildman–Crippen LogP) is 2.42. The van der Waals surface area contributed by atoms with Crippen LogP contribution in [0.1, 0.15) is 20.3 Å². The van der Waals surface area contributed by atoms with Crippen LogP contribution in [0.4, 0.5) is 10.1 Å². The van der Waals surface area contributed by atoms with Gasteiger partial charge in [-0.15, -0.1) is 0 Å². The minimum atomic E-state index is -0.178. The van der Waals surface area contributed by atoms with Crippen LogP contribution < -0.4 is 10.2 Å². The monoisotopic (exact) mass is 266 g/mol. The Morgan fingerprint density at radius 2 is 2.37 bits per heavy atom. The van der Waals surface area contributed by atoms with Gasteiger partial charge in [-0.3, -0.25) is 0 Å². The third kappa shape index (κ3) is 3.91. The summed E-state index contributed by atoms with van der Waals surface area (Å²) < 4.78 is 18.8. The van der Waals surface area contributed by atoms with Gasteiger partial charge in [0.25, 0.3) is 0 Å². The minimum absolute atomic E-state index is 0.178. The molecule has 1 N–H and O–H groups in total. The van der Waals surface area contributed by atoms with Gasteiger partial charge in [0, 0.05) is 30.9 Å². The second-order valence-corrected chi connectivity index (χ2v) is 5.08. The highest BCUT2D eigenvalue weighted by molar-refractivity contribution is 5.47. The molecule has 2 unspecified atom stereocenters. The van der Waals surface area contributed by atoms with Crippen LogP contribution in [0.5, 0.6) is 0 Å². The number of hydrogen-bond acceptors (Lipinski definition) is 3. The van der Waals surface area contributed by atoms with Gasteiger partial charge < -0.3 is 15.0 Å². The molecule has 0 radical (unpaired) electrons. The Morgan fingerprint density at radius 3 is 3.00 bits per heavy atom. The number of morpholine rings is 1. The SMILES string of the molecule is CCN(c1cccc(F)c1)C(C)CC1COCCN1. The van der Waals surface area contributed by atoms with E-state index in [-0.39, 0.29) is 5.82 Å². The molecule has 0 aliphatic carbocycles. The van der Waals surface area contributed by atoms with Crippen LogP contribution in [0, 0.1) is 5.82 Å². The quantitative estimate of drug-likeness (QED) is 0.886. The first kappa shape index (κ1) is 14.3. The van der Waals surface area contributed by atoms with E-state index < -0.39 is 0 Å². The first-order valence-electron chi connectivity index (χ1n) is 7.04. The molecule has 4 heteroatoms. The third-order valence-corrected chi connectivity index (χ3v) is 3.64. The fraction of sp³-hybridized carbons (Fsp3) is 0.600. The van der Waals surface area contributed by atoms with E-state index in [1.807, 2.05) is 6.07 Å². The summed E-state index contributed by atoms with van der Waals surface area (Å²) in [6.07, 6.45) is 1.00. The van der Waals surface area contributed by atoms with Gasteiger partial charge in [-0.2, -0.15) is 0 Å². The third-order valence-electron chi connectivity index (χ3n) is 3.64. The molecule has 1 aliphatic heterocycles. The summed E-state index contributed by atoms with van der Waals surface area (Å²) in [5.74, 6) is -0.178. The molecular formula is C15H23FN2O. The summed E-state index contributed by atoms with van der Waals surface area (Å²) in [7, 11) is 0. The molecule has 1 saturated heterocycles. The molecule has 0 aromatic heterocycles. The highest BCUT2D eigenvalue weighted by atomic mass is 19.1. The topological polar surface area (TPSA) is 24.5 Å². The molecule has 0 bridgehead atoms. The lowest BCUT2D eigenvalue weighted by Gasteiger charge is -2.34. The molecule has 106 valence electrons. The number of hydrogen-bond donors (Lipinski definition) is 1. The van der Waals surface area contributed by atoms with Crippen molar-refractivity contribution in [3.05, 3.63) is 30.1 Å². The van der Waals surface area contributed by atoms with Crippen molar-refractivity contribution in [2.45, 2.75) is 32.4 Å². The maximum atomic E-state index is 13.3. The van der Waals surface area contributed by atoms with Gasteiger partial charge in [0.05, 0.1) is 13.2 Å². The Balaban J connectivity index is 1.99. The van der Waals surface area contributed by atoms with E-state index in [1.54, 1.807) is 12.1 Å². The summed E-state index contributed by atoms with van der Waals surface area (Å²) >= 11 is 0. The van der Waals surface area contributed by atoms with E-state index in [4.69, 9.17) is 4.74 Å². The van der Waals surface area contributed by atoms with Crippen LogP contribution in [-0.2, 0) is 4.74 Å². The number of rotatable bonds is 5. The van der Waals surface area contributed by atoms with Crippen LogP contribution in [0.3, 0.4) is 0 Å². The van der Waals surface area contributed by atoms with E-state index in [1.165, 1.54) is 6.07 Å². The van der Waals surface area contributed by atoms with Gasteiger partial charge in [-0.25, -0.2) is 4.39 Å². The minimum Gasteiger partial charge on any atom is -0.379 e. The van der Waals surface area contributed by atoms with Gasteiger partial charge in [0.15, 0.2) is 0 Å². The maximum absolute atomic E-state index is 13.3. The molecule has 19 heavy (non-hydrogen) atoms. The summed E-state index contributed by atoms with van der Waals surface area (Å²) in [5.41, 5.74) is 0.951.